The molecule has 0 aliphatic heterocycles. The van der Waals surface area contributed by atoms with Crippen LogP contribution in [0.3, 0.4) is 0 Å². The van der Waals surface area contributed by atoms with E-state index in [4.69, 9.17) is 5.26 Å². The Labute approximate surface area is 184 Å². The number of nitriles is 1. The highest BCUT2D eigenvalue weighted by Crippen LogP contribution is 2.30. The Morgan fingerprint density at radius 3 is 2.81 bits per heavy atom. The standard InChI is InChI=1S/C22H24FN7O2/c1-22(2,32)18(23)12-28-21(31)16-11-26-19(6-17(16)25-8-13-3-4-13)30-20-15(10-29-30)5-14(7-24)9-27-20/h5-6,9-11,13,18,32H,3-4,8,12H2,1-2H3,(H,25,26)(H,28,31)/t18-/m1/s1. The number of hydrogen-bond donors (Lipinski definition) is 3. The number of aromatic nitrogens is 4. The van der Waals surface area contributed by atoms with E-state index in [-0.39, 0.29) is 12.1 Å². The van der Waals surface area contributed by atoms with E-state index in [0.717, 1.165) is 12.8 Å². The van der Waals surface area contributed by atoms with Crippen LogP contribution in [-0.4, -0.2) is 55.6 Å². The zero-order valence-electron chi connectivity index (χ0n) is 17.8. The predicted molar refractivity (Wildman–Crippen MR) is 116 cm³/mol. The van der Waals surface area contributed by atoms with Crippen molar-refractivity contribution in [1.82, 2.24) is 25.1 Å². The fourth-order valence-corrected chi connectivity index (χ4v) is 3.14. The number of pyridine rings is 2. The molecule has 3 aromatic rings. The summed E-state index contributed by atoms with van der Waals surface area (Å²) in [7, 11) is 0. The molecule has 1 aliphatic carbocycles. The number of hydrogen-bond acceptors (Lipinski definition) is 7. The van der Waals surface area contributed by atoms with Crippen LogP contribution >= 0.6 is 0 Å². The maximum Gasteiger partial charge on any atom is 0.255 e. The molecule has 3 N–H and O–H groups in total. The number of anilines is 1. The minimum atomic E-state index is -1.61. The van der Waals surface area contributed by atoms with Gasteiger partial charge in [-0.05, 0) is 38.7 Å². The fourth-order valence-electron chi connectivity index (χ4n) is 3.14. The maximum absolute atomic E-state index is 14.1. The molecule has 0 unspecified atom stereocenters. The minimum Gasteiger partial charge on any atom is -0.387 e. The number of aliphatic hydroxyl groups is 1. The van der Waals surface area contributed by atoms with E-state index in [1.54, 1.807) is 18.3 Å². The highest BCUT2D eigenvalue weighted by Gasteiger charge is 2.28. The van der Waals surface area contributed by atoms with Gasteiger partial charge in [0.15, 0.2) is 11.5 Å². The molecule has 1 aliphatic rings. The molecule has 10 heteroatoms. The molecule has 0 saturated heterocycles. The Balaban J connectivity index is 1.62. The molecule has 3 heterocycles. The van der Waals surface area contributed by atoms with E-state index < -0.39 is 17.7 Å². The zero-order valence-corrected chi connectivity index (χ0v) is 17.8. The molecule has 1 saturated carbocycles. The number of carbonyl (C=O) groups is 1. The average molecular weight is 437 g/mol. The van der Waals surface area contributed by atoms with Crippen molar-refractivity contribution in [2.24, 2.45) is 5.92 Å². The number of carbonyl (C=O) groups excluding carboxylic acids is 1. The van der Waals surface area contributed by atoms with Crippen LogP contribution < -0.4 is 10.6 Å². The van der Waals surface area contributed by atoms with Crippen molar-refractivity contribution in [2.75, 3.05) is 18.4 Å². The lowest BCUT2D eigenvalue weighted by molar-refractivity contribution is -0.00177. The van der Waals surface area contributed by atoms with Crippen LogP contribution in [-0.2, 0) is 0 Å². The van der Waals surface area contributed by atoms with Crippen LogP contribution in [0.25, 0.3) is 16.9 Å². The summed E-state index contributed by atoms with van der Waals surface area (Å²) in [5.41, 5.74) is 0.236. The zero-order chi connectivity index (χ0) is 22.9. The summed E-state index contributed by atoms with van der Waals surface area (Å²) in [6.07, 6.45) is 5.13. The van der Waals surface area contributed by atoms with Gasteiger partial charge in [-0.2, -0.15) is 15.0 Å². The van der Waals surface area contributed by atoms with Crippen molar-refractivity contribution >= 4 is 22.6 Å². The van der Waals surface area contributed by atoms with Gasteiger partial charge in [-0.15, -0.1) is 0 Å². The lowest BCUT2D eigenvalue weighted by Crippen LogP contribution is -2.42. The summed E-state index contributed by atoms with van der Waals surface area (Å²) in [4.78, 5) is 21.4. The molecule has 0 aromatic carbocycles. The Morgan fingerprint density at radius 2 is 2.12 bits per heavy atom. The lowest BCUT2D eigenvalue weighted by atomic mass is 10.0. The highest BCUT2D eigenvalue weighted by molar-refractivity contribution is 5.99. The molecule has 0 radical (unpaired) electrons. The number of nitrogens with one attached hydrogen (secondary N) is 2. The maximum atomic E-state index is 14.1. The monoisotopic (exact) mass is 437 g/mol. The molecule has 1 atom stereocenters. The number of rotatable bonds is 8. The van der Waals surface area contributed by atoms with Gasteiger partial charge in [0.1, 0.15) is 12.2 Å². The van der Waals surface area contributed by atoms with Crippen LogP contribution in [0.2, 0.25) is 0 Å². The third-order valence-corrected chi connectivity index (χ3v) is 5.37. The summed E-state index contributed by atoms with van der Waals surface area (Å²) in [6.45, 7) is 3.10. The fraction of sp³-hybridized carbons (Fsp3) is 0.409. The number of alkyl halides is 1. The molecule has 1 fully saturated rings. The first-order valence-electron chi connectivity index (χ1n) is 10.4. The summed E-state index contributed by atoms with van der Waals surface area (Å²) in [5, 5.41) is 29.7. The van der Waals surface area contributed by atoms with Gasteiger partial charge >= 0.3 is 0 Å². The number of nitrogens with zero attached hydrogens (tertiary/aromatic N) is 5. The van der Waals surface area contributed by atoms with E-state index in [2.05, 4.69) is 25.7 Å². The number of amides is 1. The summed E-state index contributed by atoms with van der Waals surface area (Å²) >= 11 is 0. The molecule has 3 aromatic heterocycles. The van der Waals surface area contributed by atoms with Crippen LogP contribution in [0, 0.1) is 17.2 Å². The Hall–Kier alpha value is -3.58. The first kappa shape index (κ1) is 21.6. The summed E-state index contributed by atoms with van der Waals surface area (Å²) < 4.78 is 15.6. The van der Waals surface area contributed by atoms with E-state index in [0.29, 0.717) is 40.6 Å². The van der Waals surface area contributed by atoms with Gasteiger partial charge in [0.25, 0.3) is 5.91 Å². The topological polar surface area (TPSA) is 129 Å². The first-order valence-corrected chi connectivity index (χ1v) is 10.4. The van der Waals surface area contributed by atoms with E-state index in [1.807, 2.05) is 6.07 Å². The number of fused-ring (bicyclic) bond motifs is 1. The van der Waals surface area contributed by atoms with Crippen molar-refractivity contribution < 1.29 is 14.3 Å². The smallest absolute Gasteiger partial charge is 0.255 e. The van der Waals surface area contributed by atoms with Crippen LogP contribution in [0.5, 0.6) is 0 Å². The third-order valence-electron chi connectivity index (χ3n) is 5.37. The van der Waals surface area contributed by atoms with Gasteiger partial charge in [-0.25, -0.2) is 14.4 Å². The Morgan fingerprint density at radius 1 is 1.34 bits per heavy atom. The van der Waals surface area contributed by atoms with Crippen LogP contribution in [0.4, 0.5) is 10.1 Å². The Bertz CT molecular complexity index is 1190. The van der Waals surface area contributed by atoms with Crippen molar-refractivity contribution in [3.05, 3.63) is 41.9 Å². The van der Waals surface area contributed by atoms with Gasteiger partial charge in [0.05, 0.1) is 35.2 Å². The average Bonchev–Trinajstić information content (AvgIpc) is 3.51. The van der Waals surface area contributed by atoms with E-state index in [1.165, 1.54) is 30.9 Å². The van der Waals surface area contributed by atoms with Crippen molar-refractivity contribution in [2.45, 2.75) is 38.5 Å². The molecular weight excluding hydrogens is 413 g/mol. The van der Waals surface area contributed by atoms with E-state index >= 15 is 0 Å². The molecule has 166 valence electrons. The van der Waals surface area contributed by atoms with Gasteiger partial charge < -0.3 is 15.7 Å². The van der Waals surface area contributed by atoms with Crippen LogP contribution in [0.1, 0.15) is 42.6 Å². The summed E-state index contributed by atoms with van der Waals surface area (Å²) in [6, 6.07) is 5.44. The lowest BCUT2D eigenvalue weighted by Gasteiger charge is -2.22. The quantitative estimate of drug-likeness (QED) is 0.493. The highest BCUT2D eigenvalue weighted by atomic mass is 19.1. The van der Waals surface area contributed by atoms with Gasteiger partial charge in [-0.1, -0.05) is 0 Å². The second-order valence-corrected chi connectivity index (χ2v) is 8.55. The van der Waals surface area contributed by atoms with Gasteiger partial charge in [0, 0.05) is 30.4 Å². The normalized spacial score (nSPS) is 14.7. The molecule has 32 heavy (non-hydrogen) atoms. The van der Waals surface area contributed by atoms with Crippen molar-refractivity contribution in [1.29, 1.82) is 5.26 Å². The first-order chi connectivity index (χ1) is 15.3. The molecule has 0 spiro atoms. The van der Waals surface area contributed by atoms with E-state index in [9.17, 15) is 14.3 Å². The molecule has 0 bridgehead atoms. The largest absolute Gasteiger partial charge is 0.387 e. The van der Waals surface area contributed by atoms with Gasteiger partial charge in [-0.3, -0.25) is 4.79 Å². The second kappa shape index (κ2) is 8.51. The second-order valence-electron chi connectivity index (χ2n) is 8.55. The summed E-state index contributed by atoms with van der Waals surface area (Å²) in [5.74, 6) is 0.521. The van der Waals surface area contributed by atoms with Crippen molar-refractivity contribution in [3.63, 3.8) is 0 Å². The Kier molecular flexibility index (Phi) is 5.76. The van der Waals surface area contributed by atoms with Crippen molar-refractivity contribution in [3.8, 4) is 11.9 Å². The predicted octanol–water partition coefficient (Wildman–Crippen LogP) is 2.35. The third kappa shape index (κ3) is 4.68. The molecule has 1 amide bonds. The van der Waals surface area contributed by atoms with Crippen LogP contribution in [0.15, 0.2) is 30.7 Å². The molecule has 9 nitrogen and oxygen atoms in total. The number of halogens is 1. The SMILES string of the molecule is CC(C)(O)[C@H](F)CNC(=O)c1cnc(-n2ncc3cc(C#N)cnc32)cc1NCC1CC1. The molecule has 4 rings (SSSR count). The minimum absolute atomic E-state index is 0.272. The molecular formula is C22H24FN7O2. The van der Waals surface area contributed by atoms with Gasteiger partial charge in [0.2, 0.25) is 0 Å².